The predicted octanol–water partition coefficient (Wildman–Crippen LogP) is 2.82. The van der Waals surface area contributed by atoms with Gasteiger partial charge in [0.1, 0.15) is 0 Å². The van der Waals surface area contributed by atoms with Crippen molar-refractivity contribution >= 4 is 28.9 Å². The number of hydrogen-bond acceptors (Lipinski definition) is 1. The van der Waals surface area contributed by atoms with Gasteiger partial charge in [-0.1, -0.05) is 0 Å². The summed E-state index contributed by atoms with van der Waals surface area (Å²) in [6.07, 6.45) is 6.56. The van der Waals surface area contributed by atoms with Crippen LogP contribution in [0.15, 0.2) is 18.7 Å². The van der Waals surface area contributed by atoms with Crippen LogP contribution in [0.25, 0.3) is 0 Å². The van der Waals surface area contributed by atoms with E-state index in [1.54, 1.807) is 12.5 Å². The van der Waals surface area contributed by atoms with Gasteiger partial charge >= 0.3 is 0 Å². The summed E-state index contributed by atoms with van der Waals surface area (Å²) < 4.78 is 2.04. The van der Waals surface area contributed by atoms with Crippen molar-refractivity contribution in [2.75, 3.05) is 0 Å². The molecule has 0 aliphatic carbocycles. The lowest BCUT2D eigenvalue weighted by molar-refractivity contribution is 0.675. The largest absolute Gasteiger partial charge is 0.338 e. The average molecular weight is 223 g/mol. The molecule has 0 unspecified atom stereocenters. The minimum absolute atomic E-state index is 0.939. The van der Waals surface area contributed by atoms with Gasteiger partial charge in [-0.05, 0) is 19.0 Å². The maximum atomic E-state index is 5.95. The summed E-state index contributed by atoms with van der Waals surface area (Å²) in [5.74, 6) is 0. The molecule has 1 aromatic heterocycles. The Bertz CT molecular complexity index is 218. The van der Waals surface area contributed by atoms with Crippen LogP contribution in [0.1, 0.15) is 6.42 Å². The van der Waals surface area contributed by atoms with Crippen LogP contribution in [-0.2, 0) is 6.54 Å². The molecule has 0 spiro atoms. The zero-order chi connectivity index (χ0) is 9.03. The van der Waals surface area contributed by atoms with E-state index in [0.29, 0.717) is 0 Å². The summed E-state index contributed by atoms with van der Waals surface area (Å²) >= 11 is 11.9. The third kappa shape index (κ3) is 4.14. The highest BCUT2D eigenvalue weighted by Crippen LogP contribution is 2.21. The molecule has 2 nitrogen and oxygen atoms in total. The number of rotatable bonds is 4. The van der Waals surface area contributed by atoms with Crippen LogP contribution in [0, 0.1) is 0 Å². The number of aromatic nitrogens is 2. The van der Waals surface area contributed by atoms with Gasteiger partial charge in [0.25, 0.3) is 0 Å². The van der Waals surface area contributed by atoms with Crippen molar-refractivity contribution < 1.29 is 0 Å². The first-order valence-electron chi connectivity index (χ1n) is 3.91. The van der Waals surface area contributed by atoms with Crippen LogP contribution in [0.4, 0.5) is 0 Å². The SMILES string of the molecule is C[Si](Cl)(Cl)CCCn1ccnc1. The molecular formula is C7H12Cl2N2Si. The van der Waals surface area contributed by atoms with Gasteiger partial charge in [0.2, 0.25) is 6.69 Å². The quantitative estimate of drug-likeness (QED) is 0.567. The number of halogens is 2. The number of aryl methyl sites for hydroxylation is 1. The lowest BCUT2D eigenvalue weighted by Crippen LogP contribution is -2.12. The van der Waals surface area contributed by atoms with Gasteiger partial charge in [-0.25, -0.2) is 4.98 Å². The fourth-order valence-corrected chi connectivity index (χ4v) is 2.57. The molecular weight excluding hydrogens is 211 g/mol. The van der Waals surface area contributed by atoms with Crippen molar-refractivity contribution in [3.8, 4) is 0 Å². The lowest BCUT2D eigenvalue weighted by Gasteiger charge is -2.09. The van der Waals surface area contributed by atoms with Crippen LogP contribution in [0.5, 0.6) is 0 Å². The van der Waals surface area contributed by atoms with Crippen LogP contribution in [0.2, 0.25) is 12.6 Å². The molecule has 0 atom stereocenters. The third-order valence-corrected chi connectivity index (χ3v) is 3.96. The van der Waals surface area contributed by atoms with Crippen molar-refractivity contribution in [2.45, 2.75) is 25.6 Å². The second kappa shape index (κ2) is 4.30. The summed E-state index contributed by atoms with van der Waals surface area (Å²) in [4.78, 5) is 3.95. The second-order valence-electron chi connectivity index (χ2n) is 2.97. The van der Waals surface area contributed by atoms with Gasteiger partial charge in [-0.15, -0.1) is 22.2 Å². The van der Waals surface area contributed by atoms with E-state index in [1.165, 1.54) is 0 Å². The Labute approximate surface area is 82.9 Å². The highest BCUT2D eigenvalue weighted by atomic mass is 35.7. The number of imidazole rings is 1. The van der Waals surface area contributed by atoms with Crippen LogP contribution < -0.4 is 0 Å². The average Bonchev–Trinajstić information content (AvgIpc) is 2.36. The molecule has 5 heteroatoms. The first-order valence-corrected chi connectivity index (χ1v) is 8.64. The van der Waals surface area contributed by atoms with E-state index in [2.05, 4.69) is 4.98 Å². The molecule has 0 bridgehead atoms. The second-order valence-corrected chi connectivity index (χ2v) is 11.2. The van der Waals surface area contributed by atoms with E-state index in [4.69, 9.17) is 22.2 Å². The molecule has 0 fully saturated rings. The summed E-state index contributed by atoms with van der Waals surface area (Å²) in [7, 11) is 0. The summed E-state index contributed by atoms with van der Waals surface area (Å²) in [5.41, 5.74) is 0. The van der Waals surface area contributed by atoms with E-state index in [1.807, 2.05) is 17.3 Å². The normalized spacial score (nSPS) is 11.9. The fourth-order valence-electron chi connectivity index (χ4n) is 0.991. The van der Waals surface area contributed by atoms with E-state index < -0.39 is 6.69 Å². The summed E-state index contributed by atoms with van der Waals surface area (Å²) in [6.45, 7) is 1.03. The van der Waals surface area contributed by atoms with E-state index in [9.17, 15) is 0 Å². The van der Waals surface area contributed by atoms with Crippen LogP contribution in [0.3, 0.4) is 0 Å². The minimum Gasteiger partial charge on any atom is -0.338 e. The Hall–Kier alpha value is 0.00688. The highest BCUT2D eigenvalue weighted by Gasteiger charge is 2.19. The highest BCUT2D eigenvalue weighted by molar-refractivity contribution is 7.44. The number of hydrogen-bond donors (Lipinski definition) is 0. The van der Waals surface area contributed by atoms with Gasteiger partial charge in [0.15, 0.2) is 0 Å². The standard InChI is InChI=1S/C7H12Cl2N2Si/c1-12(8,9)6-2-4-11-5-3-10-7-11/h3,5,7H,2,4,6H2,1H3. The van der Waals surface area contributed by atoms with Crippen molar-refractivity contribution in [2.24, 2.45) is 0 Å². The third-order valence-electron chi connectivity index (χ3n) is 1.59. The molecule has 0 radical (unpaired) electrons. The Balaban J connectivity index is 2.20. The van der Waals surface area contributed by atoms with Gasteiger partial charge in [-0.3, -0.25) is 0 Å². The molecule has 0 aliphatic rings. The Morgan fingerprint density at radius 3 is 2.75 bits per heavy atom. The van der Waals surface area contributed by atoms with Gasteiger partial charge in [-0.2, -0.15) is 0 Å². The molecule has 1 rings (SSSR count). The Morgan fingerprint density at radius 2 is 2.25 bits per heavy atom. The van der Waals surface area contributed by atoms with Crippen molar-refractivity contribution in [1.82, 2.24) is 9.55 Å². The van der Waals surface area contributed by atoms with E-state index >= 15 is 0 Å². The van der Waals surface area contributed by atoms with Crippen molar-refractivity contribution in [1.29, 1.82) is 0 Å². The smallest absolute Gasteiger partial charge is 0.248 e. The molecule has 1 heterocycles. The van der Waals surface area contributed by atoms with E-state index in [-0.39, 0.29) is 0 Å². The van der Waals surface area contributed by atoms with Gasteiger partial charge in [0.05, 0.1) is 6.33 Å². The monoisotopic (exact) mass is 222 g/mol. The van der Waals surface area contributed by atoms with Crippen molar-refractivity contribution in [3.63, 3.8) is 0 Å². The zero-order valence-electron chi connectivity index (χ0n) is 7.00. The molecule has 0 saturated heterocycles. The molecule has 0 aliphatic heterocycles. The predicted molar refractivity (Wildman–Crippen MR) is 55.0 cm³/mol. The maximum Gasteiger partial charge on any atom is 0.248 e. The molecule has 68 valence electrons. The molecule has 0 saturated carbocycles. The lowest BCUT2D eigenvalue weighted by atomic mass is 10.5. The van der Waals surface area contributed by atoms with Gasteiger partial charge < -0.3 is 4.57 Å². The first-order chi connectivity index (χ1) is 5.58. The topological polar surface area (TPSA) is 17.8 Å². The minimum atomic E-state index is -1.88. The number of nitrogens with zero attached hydrogens (tertiary/aromatic N) is 2. The molecule has 1 aromatic rings. The summed E-state index contributed by atoms with van der Waals surface area (Å²) in [5, 5.41) is 0. The Morgan fingerprint density at radius 1 is 1.50 bits per heavy atom. The van der Waals surface area contributed by atoms with Crippen molar-refractivity contribution in [3.05, 3.63) is 18.7 Å². The molecule has 0 aromatic carbocycles. The van der Waals surface area contributed by atoms with E-state index in [0.717, 1.165) is 19.0 Å². The molecule has 0 amide bonds. The van der Waals surface area contributed by atoms with Crippen LogP contribution in [-0.4, -0.2) is 16.2 Å². The summed E-state index contributed by atoms with van der Waals surface area (Å²) in [6, 6.07) is 0.939. The Kier molecular flexibility index (Phi) is 3.62. The first kappa shape index (κ1) is 10.1. The van der Waals surface area contributed by atoms with Crippen LogP contribution >= 0.6 is 22.2 Å². The maximum absolute atomic E-state index is 5.95. The fraction of sp³-hybridized carbons (Fsp3) is 0.571. The molecule has 12 heavy (non-hydrogen) atoms. The zero-order valence-corrected chi connectivity index (χ0v) is 9.52. The molecule has 0 N–H and O–H groups in total. The van der Waals surface area contributed by atoms with Gasteiger partial charge in [0, 0.05) is 18.9 Å².